The first-order valence-electron chi connectivity index (χ1n) is 7.44. The van der Waals surface area contributed by atoms with Gasteiger partial charge < -0.3 is 9.84 Å². The van der Waals surface area contributed by atoms with E-state index < -0.39 is 0 Å². The number of carbonyl (C=O) groups excluding carboxylic acids is 1. The molecule has 7 heteroatoms. The van der Waals surface area contributed by atoms with Gasteiger partial charge >= 0.3 is 0 Å². The van der Waals surface area contributed by atoms with Crippen LogP contribution in [0.5, 0.6) is 0 Å². The zero-order chi connectivity index (χ0) is 14.2. The molecule has 2 aromatic rings. The second-order valence-electron chi connectivity index (χ2n) is 5.79. The molecule has 1 saturated heterocycles. The molecule has 4 rings (SSSR count). The number of hydrogen-bond donors (Lipinski definition) is 1. The minimum atomic E-state index is 0.0942. The highest BCUT2D eigenvalue weighted by molar-refractivity contribution is 5.76. The van der Waals surface area contributed by atoms with E-state index >= 15 is 0 Å². The van der Waals surface area contributed by atoms with Gasteiger partial charge in [0.05, 0.1) is 17.8 Å². The van der Waals surface area contributed by atoms with Gasteiger partial charge in [-0.1, -0.05) is 5.16 Å². The molecule has 2 aliphatic rings. The number of carbonyl (C=O) groups is 1. The molecule has 1 unspecified atom stereocenters. The molecule has 1 amide bonds. The Morgan fingerprint density at radius 3 is 2.95 bits per heavy atom. The molecular formula is C14H17N5O2. The molecule has 2 fully saturated rings. The van der Waals surface area contributed by atoms with E-state index in [1.807, 2.05) is 10.9 Å². The fourth-order valence-corrected chi connectivity index (χ4v) is 2.77. The van der Waals surface area contributed by atoms with Crippen molar-refractivity contribution in [1.29, 1.82) is 0 Å². The smallest absolute Gasteiger partial charge is 0.261 e. The van der Waals surface area contributed by atoms with Crippen molar-refractivity contribution in [2.24, 2.45) is 0 Å². The van der Waals surface area contributed by atoms with E-state index in [4.69, 9.17) is 4.52 Å². The predicted octanol–water partition coefficient (Wildman–Crippen LogP) is 1.65. The van der Waals surface area contributed by atoms with Gasteiger partial charge in [0.1, 0.15) is 0 Å². The second kappa shape index (κ2) is 4.98. The molecule has 3 heterocycles. The minimum Gasteiger partial charge on any atom is -0.355 e. The third-order valence-electron chi connectivity index (χ3n) is 4.37. The quantitative estimate of drug-likeness (QED) is 0.927. The van der Waals surface area contributed by atoms with Gasteiger partial charge in [0.2, 0.25) is 5.91 Å². The van der Waals surface area contributed by atoms with E-state index in [2.05, 4.69) is 20.6 Å². The van der Waals surface area contributed by atoms with Gasteiger partial charge in [0.15, 0.2) is 5.82 Å². The van der Waals surface area contributed by atoms with Crippen molar-refractivity contribution < 1.29 is 9.32 Å². The molecule has 1 saturated carbocycles. The maximum absolute atomic E-state index is 11.2. The Morgan fingerprint density at radius 2 is 2.24 bits per heavy atom. The van der Waals surface area contributed by atoms with Gasteiger partial charge in [0, 0.05) is 25.1 Å². The molecule has 2 aromatic heterocycles. The lowest BCUT2D eigenvalue weighted by molar-refractivity contribution is -0.122. The van der Waals surface area contributed by atoms with Crippen molar-refractivity contribution in [2.75, 3.05) is 6.54 Å². The van der Waals surface area contributed by atoms with E-state index in [9.17, 15) is 4.79 Å². The van der Waals surface area contributed by atoms with Gasteiger partial charge in [-0.15, -0.1) is 0 Å². The number of nitrogens with one attached hydrogen (secondary N) is 1. The number of nitrogens with zero attached hydrogens (tertiary/aromatic N) is 4. The second-order valence-corrected chi connectivity index (χ2v) is 5.79. The van der Waals surface area contributed by atoms with Crippen LogP contribution in [-0.2, 0) is 4.79 Å². The maximum atomic E-state index is 11.2. The van der Waals surface area contributed by atoms with Gasteiger partial charge in [-0.2, -0.15) is 10.1 Å². The monoisotopic (exact) mass is 287 g/mol. The molecular weight excluding hydrogens is 270 g/mol. The van der Waals surface area contributed by atoms with Crippen LogP contribution in [0.4, 0.5) is 0 Å². The molecule has 1 N–H and O–H groups in total. The normalized spacial score (nSPS) is 22.9. The first kappa shape index (κ1) is 12.6. The summed E-state index contributed by atoms with van der Waals surface area (Å²) < 4.78 is 7.34. The van der Waals surface area contributed by atoms with Gasteiger partial charge in [-0.25, -0.2) is 0 Å². The van der Waals surface area contributed by atoms with E-state index in [1.54, 1.807) is 6.20 Å². The SMILES string of the molecule is O=C1CCC(c2noc(-c3cnn(C4CCC4)c3)n2)CN1. The summed E-state index contributed by atoms with van der Waals surface area (Å²) in [5, 5.41) is 11.3. The molecule has 0 spiro atoms. The molecule has 110 valence electrons. The summed E-state index contributed by atoms with van der Waals surface area (Å²) in [5.41, 5.74) is 0.862. The molecule has 7 nitrogen and oxygen atoms in total. The van der Waals surface area contributed by atoms with Crippen LogP contribution in [-0.4, -0.2) is 32.4 Å². The highest BCUT2D eigenvalue weighted by atomic mass is 16.5. The van der Waals surface area contributed by atoms with Crippen LogP contribution < -0.4 is 5.32 Å². The molecule has 1 aliphatic carbocycles. The first-order valence-corrected chi connectivity index (χ1v) is 7.44. The number of hydrogen-bond acceptors (Lipinski definition) is 5. The van der Waals surface area contributed by atoms with Crippen LogP contribution in [0.15, 0.2) is 16.9 Å². The van der Waals surface area contributed by atoms with Crippen LogP contribution in [0.3, 0.4) is 0 Å². The molecule has 21 heavy (non-hydrogen) atoms. The van der Waals surface area contributed by atoms with Crippen molar-refractivity contribution in [1.82, 2.24) is 25.2 Å². The Balaban J connectivity index is 1.51. The van der Waals surface area contributed by atoms with Crippen LogP contribution in [0.2, 0.25) is 0 Å². The summed E-state index contributed by atoms with van der Waals surface area (Å²) in [7, 11) is 0. The Morgan fingerprint density at radius 1 is 1.33 bits per heavy atom. The number of piperidine rings is 1. The van der Waals surface area contributed by atoms with E-state index in [-0.39, 0.29) is 11.8 Å². The van der Waals surface area contributed by atoms with E-state index in [0.717, 1.165) is 12.0 Å². The maximum Gasteiger partial charge on any atom is 0.261 e. The van der Waals surface area contributed by atoms with Crippen molar-refractivity contribution >= 4 is 5.91 Å². The summed E-state index contributed by atoms with van der Waals surface area (Å²) in [5.74, 6) is 1.41. The molecule has 1 atom stereocenters. The third kappa shape index (κ3) is 2.32. The topological polar surface area (TPSA) is 85.8 Å². The van der Waals surface area contributed by atoms with E-state index in [1.165, 1.54) is 19.3 Å². The Hall–Kier alpha value is -2.18. The third-order valence-corrected chi connectivity index (χ3v) is 4.37. The van der Waals surface area contributed by atoms with Crippen molar-refractivity contribution in [3.05, 3.63) is 18.2 Å². The van der Waals surface area contributed by atoms with Gasteiger partial charge in [-0.05, 0) is 25.7 Å². The summed E-state index contributed by atoms with van der Waals surface area (Å²) in [6.45, 7) is 0.582. The number of aromatic nitrogens is 4. The molecule has 0 aromatic carbocycles. The largest absolute Gasteiger partial charge is 0.355 e. The Kier molecular flexibility index (Phi) is 2.98. The lowest BCUT2D eigenvalue weighted by Gasteiger charge is -2.25. The zero-order valence-corrected chi connectivity index (χ0v) is 11.7. The van der Waals surface area contributed by atoms with Crippen molar-refractivity contribution in [2.45, 2.75) is 44.1 Å². The zero-order valence-electron chi connectivity index (χ0n) is 11.7. The van der Waals surface area contributed by atoms with Crippen LogP contribution in [0.25, 0.3) is 11.5 Å². The first-order chi connectivity index (χ1) is 10.3. The number of amides is 1. The summed E-state index contributed by atoms with van der Waals surface area (Å²) >= 11 is 0. The Bertz CT molecular complexity index is 648. The van der Waals surface area contributed by atoms with Crippen LogP contribution in [0.1, 0.15) is 49.9 Å². The van der Waals surface area contributed by atoms with Crippen molar-refractivity contribution in [3.63, 3.8) is 0 Å². The summed E-state index contributed by atoms with van der Waals surface area (Å²) in [6, 6.07) is 0.523. The molecule has 0 radical (unpaired) electrons. The van der Waals surface area contributed by atoms with Gasteiger partial charge in [-0.3, -0.25) is 9.48 Å². The molecule has 1 aliphatic heterocycles. The van der Waals surface area contributed by atoms with Crippen LogP contribution >= 0.6 is 0 Å². The number of rotatable bonds is 3. The lowest BCUT2D eigenvalue weighted by atomic mass is 9.93. The predicted molar refractivity (Wildman–Crippen MR) is 73.4 cm³/mol. The highest BCUT2D eigenvalue weighted by Gasteiger charge is 2.25. The summed E-state index contributed by atoms with van der Waals surface area (Å²) in [6.07, 6.45) is 8.70. The van der Waals surface area contributed by atoms with E-state index in [0.29, 0.717) is 30.7 Å². The average molecular weight is 287 g/mol. The standard InChI is InChI=1S/C14H17N5O2/c20-12-5-4-9(6-15-12)13-17-14(21-18-13)10-7-16-19(8-10)11-2-1-3-11/h7-9,11H,1-6H2,(H,15,20). The fourth-order valence-electron chi connectivity index (χ4n) is 2.77. The van der Waals surface area contributed by atoms with Gasteiger partial charge in [0.25, 0.3) is 5.89 Å². The average Bonchev–Trinajstić information content (AvgIpc) is 3.06. The minimum absolute atomic E-state index is 0.0942. The summed E-state index contributed by atoms with van der Waals surface area (Å²) in [4.78, 5) is 15.6. The Labute approximate surface area is 121 Å². The van der Waals surface area contributed by atoms with Crippen molar-refractivity contribution in [3.8, 4) is 11.5 Å². The fraction of sp³-hybridized carbons (Fsp3) is 0.571. The lowest BCUT2D eigenvalue weighted by Crippen LogP contribution is -2.34. The van der Waals surface area contributed by atoms with Crippen LogP contribution in [0, 0.1) is 0 Å². The molecule has 0 bridgehead atoms. The highest BCUT2D eigenvalue weighted by Crippen LogP contribution is 2.32.